The van der Waals surface area contributed by atoms with Gasteiger partial charge in [0.2, 0.25) is 5.91 Å². The van der Waals surface area contributed by atoms with Crippen molar-refractivity contribution in [3.63, 3.8) is 0 Å². The van der Waals surface area contributed by atoms with E-state index in [2.05, 4.69) is 16.7 Å². The molecule has 3 amide bonds. The van der Waals surface area contributed by atoms with Crippen molar-refractivity contribution < 1.29 is 29.3 Å². The smallest absolute Gasteiger partial charge is 0.408 e. The van der Waals surface area contributed by atoms with E-state index in [9.17, 15) is 24.6 Å². The Hall–Kier alpha value is -4.19. The molecule has 2 unspecified atom stereocenters. The fraction of sp³-hybridized carbons (Fsp3) is 0.452. The van der Waals surface area contributed by atoms with Crippen molar-refractivity contribution >= 4 is 17.9 Å². The molecule has 9 nitrogen and oxygen atoms in total. The first-order chi connectivity index (χ1) is 18.9. The highest BCUT2D eigenvalue weighted by Crippen LogP contribution is 2.33. The molecule has 2 atom stereocenters. The average Bonchev–Trinajstić information content (AvgIpc) is 2.89. The summed E-state index contributed by atoms with van der Waals surface area (Å²) in [4.78, 5) is 41.5. The number of aryl methyl sites for hydroxylation is 1. The van der Waals surface area contributed by atoms with Crippen molar-refractivity contribution in [3.8, 4) is 24.0 Å². The average molecular weight is 550 g/mol. The van der Waals surface area contributed by atoms with Crippen LogP contribution in [-0.2, 0) is 20.7 Å². The quantitative estimate of drug-likeness (QED) is 0.285. The predicted octanol–water partition coefficient (Wildman–Crippen LogP) is 4.45. The molecule has 4 N–H and O–H groups in total. The molecular weight excluding hydrogens is 510 g/mol. The molecule has 1 aliphatic rings. The van der Waals surface area contributed by atoms with Crippen LogP contribution in [-0.4, -0.2) is 50.7 Å². The van der Waals surface area contributed by atoms with Crippen LogP contribution in [0.3, 0.4) is 0 Å². The molecule has 3 rings (SSSR count). The summed E-state index contributed by atoms with van der Waals surface area (Å²) in [5, 5.41) is 26.2. The van der Waals surface area contributed by atoms with Crippen LogP contribution in [0, 0.1) is 19.4 Å². The highest BCUT2D eigenvalue weighted by Gasteiger charge is 2.38. The van der Waals surface area contributed by atoms with Crippen molar-refractivity contribution in [1.82, 2.24) is 15.5 Å². The number of phenolic OH excluding ortho intramolecular Hbond substituents is 2. The van der Waals surface area contributed by atoms with E-state index < -0.39 is 35.6 Å². The Morgan fingerprint density at radius 1 is 1.07 bits per heavy atom. The van der Waals surface area contributed by atoms with Gasteiger partial charge in [-0.25, -0.2) is 4.79 Å². The summed E-state index contributed by atoms with van der Waals surface area (Å²) in [5.41, 5.74) is 0.508. The number of benzene rings is 2. The van der Waals surface area contributed by atoms with E-state index in [4.69, 9.17) is 11.2 Å². The number of hydrogen-bond acceptors (Lipinski definition) is 6. The van der Waals surface area contributed by atoms with Crippen molar-refractivity contribution in [2.75, 3.05) is 0 Å². The van der Waals surface area contributed by atoms with Crippen LogP contribution in [0.15, 0.2) is 42.5 Å². The van der Waals surface area contributed by atoms with Crippen molar-refractivity contribution in [1.29, 1.82) is 0 Å². The Balaban J connectivity index is 2.00. The molecule has 1 aliphatic carbocycles. The number of phenols is 2. The van der Waals surface area contributed by atoms with E-state index >= 15 is 0 Å². The van der Waals surface area contributed by atoms with E-state index in [0.717, 1.165) is 37.0 Å². The fourth-order valence-corrected chi connectivity index (χ4v) is 4.78. The number of alkyl carbamates (subject to hydrolysis) is 1. The second-order valence-corrected chi connectivity index (χ2v) is 11.2. The molecule has 0 spiro atoms. The lowest BCUT2D eigenvalue weighted by Crippen LogP contribution is -2.53. The number of carbonyl (C=O) groups excluding carboxylic acids is 3. The molecule has 1 fully saturated rings. The third-order valence-corrected chi connectivity index (χ3v) is 6.76. The lowest BCUT2D eigenvalue weighted by Gasteiger charge is -2.32. The highest BCUT2D eigenvalue weighted by molar-refractivity contribution is 5.94. The molecule has 0 saturated heterocycles. The van der Waals surface area contributed by atoms with Gasteiger partial charge in [0.05, 0.1) is 0 Å². The molecule has 0 aliphatic heterocycles. The van der Waals surface area contributed by atoms with E-state index in [0.29, 0.717) is 11.1 Å². The number of carbonyl (C=O) groups is 3. The molecule has 0 radical (unpaired) electrons. The van der Waals surface area contributed by atoms with Gasteiger partial charge < -0.3 is 25.6 Å². The molecule has 2 aromatic carbocycles. The maximum Gasteiger partial charge on any atom is 0.408 e. The van der Waals surface area contributed by atoms with Gasteiger partial charge in [0, 0.05) is 24.1 Å². The van der Waals surface area contributed by atoms with Crippen LogP contribution >= 0.6 is 0 Å². The minimum atomic E-state index is -1.35. The van der Waals surface area contributed by atoms with E-state index in [1.54, 1.807) is 58.0 Å². The van der Waals surface area contributed by atoms with Crippen LogP contribution in [0.5, 0.6) is 11.5 Å². The first-order valence-corrected chi connectivity index (χ1v) is 13.5. The Morgan fingerprint density at radius 2 is 1.73 bits per heavy atom. The summed E-state index contributed by atoms with van der Waals surface area (Å²) in [7, 11) is 0. The summed E-state index contributed by atoms with van der Waals surface area (Å²) in [5.74, 6) is -1.34. The predicted molar refractivity (Wildman–Crippen MR) is 151 cm³/mol. The zero-order valence-electron chi connectivity index (χ0n) is 23.6. The Kier molecular flexibility index (Phi) is 10.1. The molecule has 2 aromatic rings. The summed E-state index contributed by atoms with van der Waals surface area (Å²) in [6, 6.07) is 10.8. The topological polar surface area (TPSA) is 128 Å². The third kappa shape index (κ3) is 8.15. The largest absolute Gasteiger partial charge is 0.508 e. The number of para-hydroxylation sites is 1. The summed E-state index contributed by atoms with van der Waals surface area (Å²) < 4.78 is 5.38. The number of nitrogens with one attached hydrogen (secondary N) is 2. The Morgan fingerprint density at radius 3 is 2.33 bits per heavy atom. The van der Waals surface area contributed by atoms with Crippen LogP contribution in [0.25, 0.3) is 0 Å². The molecule has 0 heterocycles. The summed E-state index contributed by atoms with van der Waals surface area (Å²) in [6.45, 7) is 6.78. The minimum Gasteiger partial charge on any atom is -0.508 e. The standard InChI is InChI=1S/C31H39N3O6/c1-6-34(26(24-14-10-11-20(2)27(24)36)28(37)32-22-12-8-7-9-13-22)29(38)25(33-30(39)40-31(3,4)5)19-21-15-17-23(35)18-16-21/h1,10-11,14-18,22,25-26,35-36H,7-9,12-13,19H2,2-5H3,(H,32,37)(H,33,39). The molecule has 0 aromatic heterocycles. The van der Waals surface area contributed by atoms with Crippen LogP contribution in [0.2, 0.25) is 0 Å². The van der Waals surface area contributed by atoms with Gasteiger partial charge in [-0.1, -0.05) is 56.0 Å². The van der Waals surface area contributed by atoms with Crippen LogP contribution in [0.4, 0.5) is 4.79 Å². The van der Waals surface area contributed by atoms with Gasteiger partial charge >= 0.3 is 6.09 Å². The van der Waals surface area contributed by atoms with Crippen molar-refractivity contribution in [2.24, 2.45) is 0 Å². The van der Waals surface area contributed by atoms with Gasteiger partial charge in [-0.05, 0) is 63.8 Å². The Labute approximate surface area is 235 Å². The molecule has 214 valence electrons. The molecular formula is C31H39N3O6. The first-order valence-electron chi connectivity index (χ1n) is 13.5. The highest BCUT2D eigenvalue weighted by atomic mass is 16.6. The number of nitrogens with zero attached hydrogens (tertiary/aromatic N) is 1. The van der Waals surface area contributed by atoms with Gasteiger partial charge in [0.15, 0.2) is 6.04 Å². The van der Waals surface area contributed by atoms with Crippen molar-refractivity contribution in [2.45, 2.75) is 89.9 Å². The second-order valence-electron chi connectivity index (χ2n) is 11.2. The minimum absolute atomic E-state index is 0.00724. The molecule has 40 heavy (non-hydrogen) atoms. The van der Waals surface area contributed by atoms with Gasteiger partial charge in [-0.3, -0.25) is 14.5 Å². The maximum absolute atomic E-state index is 14.1. The van der Waals surface area contributed by atoms with E-state index in [-0.39, 0.29) is 29.5 Å². The number of rotatable bonds is 8. The number of hydrogen-bond donors (Lipinski definition) is 4. The van der Waals surface area contributed by atoms with Crippen LogP contribution in [0.1, 0.15) is 75.6 Å². The van der Waals surface area contributed by atoms with E-state index in [1.807, 2.05) is 0 Å². The Bertz CT molecular complexity index is 1240. The fourth-order valence-electron chi connectivity index (χ4n) is 4.78. The van der Waals surface area contributed by atoms with Gasteiger partial charge in [0.1, 0.15) is 23.1 Å². The number of amides is 3. The molecule has 1 saturated carbocycles. The first kappa shape index (κ1) is 30.4. The SMILES string of the molecule is C#CN(C(=O)C(Cc1ccc(O)cc1)NC(=O)OC(C)(C)C)C(C(=O)NC1CCCCC1)c1cccc(C)c1O. The number of aromatic hydroxyl groups is 2. The monoisotopic (exact) mass is 549 g/mol. The van der Waals surface area contributed by atoms with Gasteiger partial charge in [-0.15, -0.1) is 0 Å². The second kappa shape index (κ2) is 13.2. The maximum atomic E-state index is 14.1. The lowest BCUT2D eigenvalue weighted by molar-refractivity contribution is -0.139. The van der Waals surface area contributed by atoms with Gasteiger partial charge in [0.25, 0.3) is 5.91 Å². The third-order valence-electron chi connectivity index (χ3n) is 6.76. The summed E-state index contributed by atoms with van der Waals surface area (Å²) in [6.07, 6.45) is 9.73. The normalized spacial score (nSPS) is 15.3. The number of ether oxygens (including phenoxy) is 1. The molecule has 0 bridgehead atoms. The number of terminal acetylenes is 1. The van der Waals surface area contributed by atoms with E-state index in [1.165, 1.54) is 12.1 Å². The summed E-state index contributed by atoms with van der Waals surface area (Å²) >= 11 is 0. The molecule has 9 heteroatoms. The van der Waals surface area contributed by atoms with Crippen molar-refractivity contribution in [3.05, 3.63) is 59.2 Å². The zero-order chi connectivity index (χ0) is 29.4. The van der Waals surface area contributed by atoms with Gasteiger partial charge in [-0.2, -0.15) is 0 Å². The zero-order valence-corrected chi connectivity index (χ0v) is 23.6. The lowest BCUT2D eigenvalue weighted by atomic mass is 9.94. The van der Waals surface area contributed by atoms with Crippen LogP contribution < -0.4 is 10.6 Å².